The summed E-state index contributed by atoms with van der Waals surface area (Å²) >= 11 is 0. The van der Waals surface area contributed by atoms with Crippen LogP contribution in [0.2, 0.25) is 0 Å². The zero-order valence-electron chi connectivity index (χ0n) is 19.4. The Balaban J connectivity index is 1.35. The number of hydrogen-bond acceptors (Lipinski definition) is 4. The van der Waals surface area contributed by atoms with Gasteiger partial charge in [0.25, 0.3) is 0 Å². The lowest BCUT2D eigenvalue weighted by molar-refractivity contribution is -0.139. The van der Waals surface area contributed by atoms with Crippen molar-refractivity contribution in [1.29, 1.82) is 0 Å². The largest absolute Gasteiger partial charge is 0.482 e. The van der Waals surface area contributed by atoms with Crippen LogP contribution >= 0.6 is 0 Å². The second kappa shape index (κ2) is 11.6. The monoisotopic (exact) mass is 457 g/mol. The van der Waals surface area contributed by atoms with E-state index in [4.69, 9.17) is 14.7 Å². The molecule has 0 bridgehead atoms. The molecule has 0 aromatic heterocycles. The average Bonchev–Trinajstić information content (AvgIpc) is 2.87. The van der Waals surface area contributed by atoms with Crippen molar-refractivity contribution in [2.75, 3.05) is 6.61 Å². The Labute approximate surface area is 201 Å². The molecule has 5 heteroatoms. The summed E-state index contributed by atoms with van der Waals surface area (Å²) in [7, 11) is 0. The van der Waals surface area contributed by atoms with Crippen LogP contribution in [0.25, 0.3) is 0 Å². The number of hydroxylamine groups is 1. The van der Waals surface area contributed by atoms with Crippen LogP contribution in [0.5, 0.6) is 5.75 Å². The molecule has 1 aliphatic rings. The molecule has 1 aliphatic carbocycles. The van der Waals surface area contributed by atoms with Gasteiger partial charge in [0, 0.05) is 6.04 Å². The van der Waals surface area contributed by atoms with Gasteiger partial charge in [0.15, 0.2) is 6.61 Å². The maximum atomic E-state index is 10.8. The lowest BCUT2D eigenvalue weighted by Gasteiger charge is -2.23. The van der Waals surface area contributed by atoms with Crippen molar-refractivity contribution in [1.82, 2.24) is 5.48 Å². The van der Waals surface area contributed by atoms with Gasteiger partial charge in [-0.05, 0) is 60.9 Å². The highest BCUT2D eigenvalue weighted by Gasteiger charge is 2.19. The highest BCUT2D eigenvalue weighted by atomic mass is 16.7. The summed E-state index contributed by atoms with van der Waals surface area (Å²) < 4.78 is 5.48. The fraction of sp³-hybridized carbons (Fsp3) is 0.276. The molecule has 0 fully saturated rings. The van der Waals surface area contributed by atoms with Crippen LogP contribution in [0, 0.1) is 0 Å². The van der Waals surface area contributed by atoms with Crippen LogP contribution in [0.15, 0.2) is 90.5 Å². The molecule has 0 heterocycles. The van der Waals surface area contributed by atoms with E-state index < -0.39 is 5.97 Å². The van der Waals surface area contributed by atoms with E-state index in [2.05, 4.69) is 48.8 Å². The van der Waals surface area contributed by atoms with Crippen LogP contribution in [0.4, 0.5) is 0 Å². The number of carboxylic acids is 1. The lowest BCUT2D eigenvalue weighted by atomic mass is 9.87. The molecule has 1 unspecified atom stereocenters. The van der Waals surface area contributed by atoms with Gasteiger partial charge in [-0.25, -0.2) is 4.79 Å². The predicted molar refractivity (Wildman–Crippen MR) is 133 cm³/mol. The molecule has 0 aliphatic heterocycles. The second-order valence-corrected chi connectivity index (χ2v) is 8.69. The van der Waals surface area contributed by atoms with E-state index in [9.17, 15) is 4.79 Å². The number of nitrogens with one attached hydrogen (secondary N) is 1. The number of hydrogen-bond donors (Lipinski definition) is 2. The zero-order chi connectivity index (χ0) is 23.8. The summed E-state index contributed by atoms with van der Waals surface area (Å²) in [4.78, 5) is 17.0. The Hall–Kier alpha value is -3.41. The molecule has 0 spiro atoms. The Kier molecular flexibility index (Phi) is 8.12. The molecule has 0 amide bonds. The number of fused-ring (bicyclic) bond motifs is 1. The van der Waals surface area contributed by atoms with Gasteiger partial charge in [-0.2, -0.15) is 5.48 Å². The minimum atomic E-state index is -0.959. The van der Waals surface area contributed by atoms with Crippen molar-refractivity contribution < 1.29 is 19.5 Å². The van der Waals surface area contributed by atoms with Crippen LogP contribution in [-0.2, 0) is 22.5 Å². The van der Waals surface area contributed by atoms with Gasteiger partial charge >= 0.3 is 5.97 Å². The summed E-state index contributed by atoms with van der Waals surface area (Å²) in [5, 5.41) is 8.90. The topological polar surface area (TPSA) is 67.8 Å². The number of ether oxygens (including phenoxy) is 1. The normalized spacial score (nSPS) is 15.2. The highest BCUT2D eigenvalue weighted by Crippen LogP contribution is 2.32. The number of benzene rings is 3. The summed E-state index contributed by atoms with van der Waals surface area (Å²) in [5.41, 5.74) is 9.20. The first-order chi connectivity index (χ1) is 16.6. The van der Waals surface area contributed by atoms with E-state index in [0.717, 1.165) is 42.4 Å². The molecule has 0 saturated carbocycles. The molecule has 5 nitrogen and oxygen atoms in total. The molecule has 3 aromatic rings. The van der Waals surface area contributed by atoms with E-state index in [1.165, 1.54) is 11.1 Å². The standard InChI is InChI=1S/C29H31NO4/c1-21(30-34-29(23-9-4-2-5-10-23)24-11-6-3-7-12-24)15-16-22-17-18-26-25(19-22)13-8-14-27(26)33-20-28(31)32/h2-14,16,21,29-30H,15,17-20H2,1H3,(H,31,32)/b22-16+. The van der Waals surface area contributed by atoms with E-state index in [0.29, 0.717) is 5.75 Å². The fourth-order valence-electron chi connectivity index (χ4n) is 4.29. The molecular weight excluding hydrogens is 426 g/mol. The van der Waals surface area contributed by atoms with Crippen molar-refractivity contribution >= 4 is 5.97 Å². The first kappa shape index (κ1) is 23.7. The third kappa shape index (κ3) is 6.34. The van der Waals surface area contributed by atoms with Gasteiger partial charge in [0.2, 0.25) is 0 Å². The maximum Gasteiger partial charge on any atom is 0.341 e. The number of aliphatic carboxylic acids is 1. The molecule has 176 valence electrons. The highest BCUT2D eigenvalue weighted by molar-refractivity contribution is 5.68. The molecule has 4 rings (SSSR count). The fourth-order valence-corrected chi connectivity index (χ4v) is 4.29. The number of carbonyl (C=O) groups is 1. The minimum Gasteiger partial charge on any atom is -0.482 e. The van der Waals surface area contributed by atoms with Crippen molar-refractivity contribution in [3.8, 4) is 5.75 Å². The molecular formula is C29H31NO4. The second-order valence-electron chi connectivity index (χ2n) is 8.69. The summed E-state index contributed by atoms with van der Waals surface area (Å²) in [6.45, 7) is 1.81. The van der Waals surface area contributed by atoms with E-state index in [1.54, 1.807) is 0 Å². The maximum absolute atomic E-state index is 10.8. The molecule has 0 radical (unpaired) electrons. The van der Waals surface area contributed by atoms with E-state index in [1.807, 2.05) is 48.5 Å². The molecule has 1 atom stereocenters. The van der Waals surface area contributed by atoms with Gasteiger partial charge in [-0.3, -0.25) is 4.84 Å². The first-order valence-corrected chi connectivity index (χ1v) is 11.7. The third-order valence-corrected chi connectivity index (χ3v) is 6.05. The smallest absolute Gasteiger partial charge is 0.341 e. The van der Waals surface area contributed by atoms with Crippen molar-refractivity contribution in [2.45, 2.75) is 44.8 Å². The minimum absolute atomic E-state index is 0.147. The molecule has 0 saturated heterocycles. The van der Waals surface area contributed by atoms with Gasteiger partial charge in [0.1, 0.15) is 11.9 Å². The Morgan fingerprint density at radius 3 is 2.29 bits per heavy atom. The molecule has 2 N–H and O–H groups in total. The Bertz CT molecular complexity index is 1070. The average molecular weight is 458 g/mol. The Morgan fingerprint density at radius 2 is 1.65 bits per heavy atom. The van der Waals surface area contributed by atoms with Gasteiger partial charge < -0.3 is 9.84 Å². The van der Waals surface area contributed by atoms with E-state index in [-0.39, 0.29) is 18.8 Å². The van der Waals surface area contributed by atoms with Crippen LogP contribution in [-0.4, -0.2) is 23.7 Å². The van der Waals surface area contributed by atoms with Crippen LogP contribution in [0.3, 0.4) is 0 Å². The van der Waals surface area contributed by atoms with Crippen molar-refractivity contribution in [2.24, 2.45) is 0 Å². The Morgan fingerprint density at radius 1 is 0.971 bits per heavy atom. The quantitative estimate of drug-likeness (QED) is 0.304. The summed E-state index contributed by atoms with van der Waals surface area (Å²) in [6.07, 6.45) is 5.65. The van der Waals surface area contributed by atoms with Crippen molar-refractivity contribution in [3.05, 3.63) is 113 Å². The predicted octanol–water partition coefficient (Wildman–Crippen LogP) is 5.65. The molecule has 3 aromatic carbocycles. The zero-order valence-corrected chi connectivity index (χ0v) is 19.4. The number of carboxylic acid groups (broad SMARTS) is 1. The SMILES string of the molecule is CC(C/C=C1\CCc2c(cccc2OCC(=O)O)C1)NOC(c1ccccc1)c1ccccc1. The third-order valence-electron chi connectivity index (χ3n) is 6.05. The first-order valence-electron chi connectivity index (χ1n) is 11.7. The number of allylic oxidation sites excluding steroid dienone is 1. The van der Waals surface area contributed by atoms with Gasteiger partial charge in [0.05, 0.1) is 0 Å². The van der Waals surface area contributed by atoms with Gasteiger partial charge in [-0.15, -0.1) is 0 Å². The summed E-state index contributed by atoms with van der Waals surface area (Å²) in [5.74, 6) is -0.269. The van der Waals surface area contributed by atoms with Gasteiger partial charge in [-0.1, -0.05) is 84.4 Å². The van der Waals surface area contributed by atoms with Crippen LogP contribution < -0.4 is 10.2 Å². The number of rotatable bonds is 10. The lowest BCUT2D eigenvalue weighted by Crippen LogP contribution is -2.28. The summed E-state index contributed by atoms with van der Waals surface area (Å²) in [6, 6.07) is 26.5. The molecule has 34 heavy (non-hydrogen) atoms. The van der Waals surface area contributed by atoms with Crippen LogP contribution in [0.1, 0.15) is 48.1 Å². The van der Waals surface area contributed by atoms with E-state index >= 15 is 0 Å². The van der Waals surface area contributed by atoms with Crippen molar-refractivity contribution in [3.63, 3.8) is 0 Å².